The van der Waals surface area contributed by atoms with Gasteiger partial charge in [0.15, 0.2) is 0 Å². The molecule has 12 heteroatoms. The van der Waals surface area contributed by atoms with Crippen molar-refractivity contribution in [1.82, 2.24) is 0 Å². The molecule has 1 aliphatic rings. The van der Waals surface area contributed by atoms with Crippen LogP contribution in [0.3, 0.4) is 0 Å². The molecule has 2 rings (SSSR count). The van der Waals surface area contributed by atoms with Gasteiger partial charge < -0.3 is 18.9 Å². The number of carbonyl (C=O) groups is 3. The van der Waals surface area contributed by atoms with Gasteiger partial charge in [0.1, 0.15) is 36.4 Å². The van der Waals surface area contributed by atoms with Crippen molar-refractivity contribution in [2.24, 2.45) is 5.11 Å². The van der Waals surface area contributed by atoms with Crippen LogP contribution < -0.4 is 0 Å². The topological polar surface area (TPSA) is 137 Å². The third-order valence-electron chi connectivity index (χ3n) is 3.92. The van der Waals surface area contributed by atoms with Gasteiger partial charge in [0.05, 0.1) is 0 Å². The van der Waals surface area contributed by atoms with E-state index in [4.69, 9.17) is 24.5 Å². The Morgan fingerprint density at radius 3 is 2.23 bits per heavy atom. The molecule has 0 aromatic heterocycles. The Bertz CT molecular complexity index is 832. The molecule has 1 heterocycles. The lowest BCUT2D eigenvalue weighted by atomic mass is 9.97. The minimum Gasteiger partial charge on any atom is -0.463 e. The first-order valence-corrected chi connectivity index (χ1v) is 10.5. The summed E-state index contributed by atoms with van der Waals surface area (Å²) in [4.78, 5) is 38.3. The van der Waals surface area contributed by atoms with Gasteiger partial charge in [0.2, 0.25) is 0 Å². The van der Waals surface area contributed by atoms with Gasteiger partial charge in [0.25, 0.3) is 0 Å². The molecule has 0 N–H and O–H groups in total. The summed E-state index contributed by atoms with van der Waals surface area (Å²) in [5.41, 5.74) is 8.25. The van der Waals surface area contributed by atoms with Crippen molar-refractivity contribution >= 4 is 45.6 Å². The quantitative estimate of drug-likeness (QED) is 0.182. The van der Waals surface area contributed by atoms with E-state index in [2.05, 4.69) is 26.0 Å². The SMILES string of the molecule is CC(=O)OCC1O[C@H](Sc2ccc(Br)cc2)C(OC(C)=O)[C@@H](N=[N+]=[N-])[C@H]1OC(C)=O. The van der Waals surface area contributed by atoms with Crippen LogP contribution in [0.5, 0.6) is 0 Å². The Morgan fingerprint density at radius 2 is 1.70 bits per heavy atom. The van der Waals surface area contributed by atoms with Gasteiger partial charge in [-0.05, 0) is 29.8 Å². The molecule has 1 aliphatic heterocycles. The fourth-order valence-corrected chi connectivity index (χ4v) is 4.19. The lowest BCUT2D eigenvalue weighted by Crippen LogP contribution is -2.59. The Hall–Kier alpha value is -2.27. The highest BCUT2D eigenvalue weighted by Crippen LogP contribution is 2.37. The van der Waals surface area contributed by atoms with E-state index >= 15 is 0 Å². The minimum atomic E-state index is -1.12. The van der Waals surface area contributed by atoms with Crippen molar-refractivity contribution in [3.8, 4) is 0 Å². The van der Waals surface area contributed by atoms with Gasteiger partial charge in [0, 0.05) is 35.1 Å². The first-order valence-electron chi connectivity index (χ1n) is 8.81. The van der Waals surface area contributed by atoms with E-state index in [9.17, 15) is 14.4 Å². The van der Waals surface area contributed by atoms with Gasteiger partial charge in [-0.2, -0.15) is 0 Å². The van der Waals surface area contributed by atoms with Crippen molar-refractivity contribution in [1.29, 1.82) is 0 Å². The molecule has 2 unspecified atom stereocenters. The maximum atomic E-state index is 11.7. The first kappa shape index (κ1) is 24.0. The van der Waals surface area contributed by atoms with E-state index < -0.39 is 47.7 Å². The second-order valence-electron chi connectivity index (χ2n) is 6.26. The molecule has 1 aromatic rings. The summed E-state index contributed by atoms with van der Waals surface area (Å²) in [6.45, 7) is 3.37. The predicted octanol–water partition coefficient (Wildman–Crippen LogP) is 3.37. The number of hydrogen-bond acceptors (Lipinski definition) is 9. The fraction of sp³-hybridized carbons (Fsp3) is 0.500. The van der Waals surface area contributed by atoms with Crippen molar-refractivity contribution in [2.45, 2.75) is 55.5 Å². The summed E-state index contributed by atoms with van der Waals surface area (Å²) in [6.07, 6.45) is -3.11. The second kappa shape index (κ2) is 11.2. The van der Waals surface area contributed by atoms with E-state index in [-0.39, 0.29) is 6.61 Å². The van der Waals surface area contributed by atoms with Gasteiger partial charge in [-0.3, -0.25) is 14.4 Å². The Morgan fingerprint density at radius 1 is 1.10 bits per heavy atom. The maximum Gasteiger partial charge on any atom is 0.303 e. The monoisotopic (exact) mass is 501 g/mol. The molecule has 1 aromatic carbocycles. The highest BCUT2D eigenvalue weighted by atomic mass is 79.9. The number of azide groups is 1. The van der Waals surface area contributed by atoms with Crippen molar-refractivity contribution in [2.75, 3.05) is 6.61 Å². The first-order chi connectivity index (χ1) is 14.2. The van der Waals surface area contributed by atoms with E-state index in [1.54, 1.807) is 0 Å². The van der Waals surface area contributed by atoms with E-state index in [0.717, 1.165) is 9.37 Å². The highest BCUT2D eigenvalue weighted by molar-refractivity contribution is 9.10. The van der Waals surface area contributed by atoms with Crippen LogP contribution in [0.25, 0.3) is 10.4 Å². The average molecular weight is 502 g/mol. The minimum absolute atomic E-state index is 0.241. The molecule has 0 aliphatic carbocycles. The summed E-state index contributed by atoms with van der Waals surface area (Å²) in [7, 11) is 0. The molecule has 1 fully saturated rings. The average Bonchev–Trinajstić information content (AvgIpc) is 2.66. The number of halogens is 1. The van der Waals surface area contributed by atoms with E-state index in [0.29, 0.717) is 0 Å². The van der Waals surface area contributed by atoms with Crippen LogP contribution in [0.15, 0.2) is 38.7 Å². The lowest BCUT2D eigenvalue weighted by Gasteiger charge is -2.43. The van der Waals surface area contributed by atoms with Crippen LogP contribution in [0.4, 0.5) is 0 Å². The van der Waals surface area contributed by atoms with Gasteiger partial charge >= 0.3 is 17.9 Å². The van der Waals surface area contributed by atoms with Gasteiger partial charge in [-0.15, -0.1) is 0 Å². The molecule has 162 valence electrons. The van der Waals surface area contributed by atoms with Crippen LogP contribution in [0, 0.1) is 0 Å². The maximum absolute atomic E-state index is 11.7. The Balaban J connectivity index is 2.41. The molecule has 10 nitrogen and oxygen atoms in total. The third-order valence-corrected chi connectivity index (χ3v) is 5.61. The van der Waals surface area contributed by atoms with Crippen LogP contribution >= 0.6 is 27.7 Å². The number of thioether (sulfide) groups is 1. The summed E-state index contributed by atoms with van der Waals surface area (Å²) < 4.78 is 22.6. The molecular weight excluding hydrogens is 482 g/mol. The normalized spacial score (nSPS) is 25.5. The molecule has 0 bridgehead atoms. The smallest absolute Gasteiger partial charge is 0.303 e. The number of carbonyl (C=O) groups excluding carboxylic acids is 3. The molecule has 30 heavy (non-hydrogen) atoms. The zero-order valence-corrected chi connectivity index (χ0v) is 18.8. The van der Waals surface area contributed by atoms with Gasteiger partial charge in [-0.1, -0.05) is 32.8 Å². The Kier molecular flexibility index (Phi) is 8.97. The summed E-state index contributed by atoms with van der Waals surface area (Å²) in [5, 5.41) is 3.72. The molecule has 0 amide bonds. The van der Waals surface area contributed by atoms with Crippen LogP contribution in [0.1, 0.15) is 20.8 Å². The van der Waals surface area contributed by atoms with Crippen molar-refractivity contribution in [3.63, 3.8) is 0 Å². The zero-order chi connectivity index (χ0) is 22.3. The molecule has 0 radical (unpaired) electrons. The molecule has 0 spiro atoms. The summed E-state index contributed by atoms with van der Waals surface area (Å²) in [5.74, 6) is -1.84. The highest BCUT2D eigenvalue weighted by Gasteiger charge is 2.50. The number of benzene rings is 1. The zero-order valence-electron chi connectivity index (χ0n) is 16.4. The molecule has 1 saturated heterocycles. The van der Waals surface area contributed by atoms with Crippen molar-refractivity contribution < 1.29 is 33.3 Å². The van der Waals surface area contributed by atoms with Gasteiger partial charge in [-0.25, -0.2) is 0 Å². The van der Waals surface area contributed by atoms with Crippen LogP contribution in [-0.4, -0.2) is 54.3 Å². The predicted molar refractivity (Wildman–Crippen MR) is 109 cm³/mol. The fourth-order valence-electron chi connectivity index (χ4n) is 2.82. The standard InChI is InChI=1S/C18H20BrN3O7S/c1-9(23)26-8-14-16(27-10(2)24)15(21-22-20)17(28-11(3)25)18(29-14)30-13-6-4-12(19)5-7-13/h4-7,14-18H,8H2,1-3H3/t14?,15-,16-,17?,18+/m0/s1. The second-order valence-corrected chi connectivity index (χ2v) is 8.35. The number of hydrogen-bond donors (Lipinski definition) is 0. The summed E-state index contributed by atoms with van der Waals surface area (Å²) >= 11 is 4.59. The number of rotatable bonds is 7. The van der Waals surface area contributed by atoms with Crippen molar-refractivity contribution in [3.05, 3.63) is 39.2 Å². The molecule has 0 saturated carbocycles. The third kappa shape index (κ3) is 6.91. The Labute approximate surface area is 185 Å². The van der Waals surface area contributed by atoms with E-state index in [1.807, 2.05) is 24.3 Å². The summed E-state index contributed by atoms with van der Waals surface area (Å²) in [6, 6.07) is 6.21. The van der Waals surface area contributed by atoms with Crippen LogP contribution in [-0.2, 0) is 33.3 Å². The lowest BCUT2D eigenvalue weighted by molar-refractivity contribution is -0.201. The van der Waals surface area contributed by atoms with E-state index in [1.165, 1.54) is 32.5 Å². The van der Waals surface area contributed by atoms with Crippen LogP contribution in [0.2, 0.25) is 0 Å². The molecular formula is C18H20BrN3O7S. The number of nitrogens with zero attached hydrogens (tertiary/aromatic N) is 3. The number of ether oxygens (including phenoxy) is 4. The largest absolute Gasteiger partial charge is 0.463 e. The molecule has 5 atom stereocenters. The number of esters is 3.